The van der Waals surface area contributed by atoms with E-state index < -0.39 is 252 Å². The lowest BCUT2D eigenvalue weighted by Crippen LogP contribution is -2.53. The van der Waals surface area contributed by atoms with Crippen LogP contribution in [0, 0.1) is 18.7 Å². The summed E-state index contributed by atoms with van der Waals surface area (Å²) >= 11 is 0. The topological polar surface area (TPSA) is 550 Å². The van der Waals surface area contributed by atoms with Crippen molar-refractivity contribution in [1.82, 2.24) is 85.1 Å². The number of carbonyl (C=O) groups is 18. The Morgan fingerprint density at radius 3 is 1.59 bits per heavy atom. The van der Waals surface area contributed by atoms with Gasteiger partial charge in [-0.3, -0.25) is 81.5 Å². The Hall–Kier alpha value is -13.2. The molecular weight excluding hydrogens is 1690 g/mol. The monoisotopic (exact) mass is 1810 g/mol. The normalized spacial score (nSPS) is 14.8. The maximum atomic E-state index is 15.9. The number of aliphatic carboxylic acids is 1. The third-order valence-corrected chi connectivity index (χ3v) is 22.1. The molecule has 44 nitrogen and oxygen atoms in total. The minimum absolute atomic E-state index is 0.0384. The summed E-state index contributed by atoms with van der Waals surface area (Å²) in [6, 6.07) is 4.11. The van der Waals surface area contributed by atoms with Crippen molar-refractivity contribution >= 4 is 123 Å². The number of amides is 16. The van der Waals surface area contributed by atoms with E-state index in [1.807, 2.05) is 0 Å². The molecule has 6 atom stereocenters. The number of nitrogens with two attached hydrogens (primary N) is 1. The van der Waals surface area contributed by atoms with Gasteiger partial charge in [0.05, 0.1) is 120 Å². The number of aromatic nitrogens is 2. The van der Waals surface area contributed by atoms with Gasteiger partial charge in [0.2, 0.25) is 88.6 Å². The SMILES string of the molecule is CC[C@@]1(O)C(=O)OCc2c1cc1n(c2=O)Cc2c-1nc1cc(F)c(C)c3c1c2[C@@H](NC(=O)O[C@H](CNC(=O)CC[C@H](NC(=O)COCCOCCN)C(=O)N(C)CC(=O)N(C)CC(=O)N(C)CC(=O)N(C)CC(=O)N(C)CC(=O)N(C)CC(=O)N(C)CC(=O)N(C)CC(=O)N(C)CC(=O)N(C)CC(=O)O)c1ccc(NC(=O)[C@H](C)NC(=O)[C@@H](NC(C)=O)C(C)C)cc1)CC3. The molecule has 0 radical (unpaired) electrons. The van der Waals surface area contributed by atoms with Crippen LogP contribution in [0.15, 0.2) is 41.2 Å². The number of aliphatic hydroxyl groups is 1. The lowest BCUT2D eigenvalue weighted by Gasteiger charge is -2.31. The number of nitrogens with one attached hydrogen (secondary N) is 6. The Kier molecular flexibility index (Phi) is 36.7. The Morgan fingerprint density at radius 2 is 1.12 bits per heavy atom. The van der Waals surface area contributed by atoms with E-state index in [1.54, 1.807) is 27.7 Å². The number of pyridine rings is 2. The molecule has 10 N–H and O–H groups in total. The standard InChI is InChI=1S/C84H116FN19O25/c1-17-84(125)55-30-60-77-53(33-104(60)80(121)54(55)44-128-82(84)123)75-57(23-22-52-47(4)56(85)31-59(92-77)74(52)75)93-83(124)129-61(50-18-20-51(21-19-50)90-78(119)48(5)88-79(120)76(46(2)3)89-49(6)105)32-87-62(106)25-24-58(91-63(107)45-127-29-28-126-27-26-86)81(122)103(16)42-72(116)101(14)40-70(114)99(12)38-68(112)97(10)36-66(110)95(8)34-64(108)94(7)35-65(109)96(9)37-67(111)98(11)39-69(113)100(13)41-71(115)102(15)43-73(117)118/h18-21,30-31,46,48,57-58,61,76,125H,17,22-29,32-45,86H2,1-16H3,(H,87,106)(H,88,120)(H,89,105)(H,90,119)(H,91,107)(H,93,124)(H,117,118)/t48-,57-,58-,61+,76-,84-/m0/s1. The van der Waals surface area contributed by atoms with Crippen molar-refractivity contribution in [2.75, 3.05) is 181 Å². The second-order valence-electron chi connectivity index (χ2n) is 32.5. The molecule has 4 aromatic rings. The fourth-order valence-electron chi connectivity index (χ4n) is 14.2. The molecule has 129 heavy (non-hydrogen) atoms. The number of aryl methyl sites for hydroxylation is 1. The van der Waals surface area contributed by atoms with Crippen LogP contribution in [-0.2, 0) is 126 Å². The minimum atomic E-state index is -2.17. The number of likely N-dealkylation sites (N-methyl/N-ethyl adjacent to an activating group) is 10. The van der Waals surface area contributed by atoms with Gasteiger partial charge in [0.15, 0.2) is 5.60 Å². The minimum Gasteiger partial charge on any atom is -0.480 e. The zero-order chi connectivity index (χ0) is 96.1. The Morgan fingerprint density at radius 1 is 0.628 bits per heavy atom. The Labute approximate surface area is 743 Å². The van der Waals surface area contributed by atoms with Crippen LogP contribution in [0.4, 0.5) is 14.9 Å². The second kappa shape index (κ2) is 46.0. The van der Waals surface area contributed by atoms with Crippen molar-refractivity contribution in [2.24, 2.45) is 11.7 Å². The van der Waals surface area contributed by atoms with E-state index in [0.717, 1.165) is 49.0 Å². The summed E-state index contributed by atoms with van der Waals surface area (Å²) in [5.74, 6) is -13.7. The zero-order valence-corrected chi connectivity index (χ0v) is 75.3. The molecule has 0 saturated heterocycles. The molecule has 2 aromatic carbocycles. The van der Waals surface area contributed by atoms with E-state index in [9.17, 15) is 96.2 Å². The third-order valence-electron chi connectivity index (χ3n) is 22.1. The number of benzene rings is 2. The highest BCUT2D eigenvalue weighted by atomic mass is 19.1. The first kappa shape index (κ1) is 103. The van der Waals surface area contributed by atoms with Crippen LogP contribution < -0.4 is 43.2 Å². The van der Waals surface area contributed by atoms with Crippen LogP contribution in [0.2, 0.25) is 0 Å². The van der Waals surface area contributed by atoms with Gasteiger partial charge in [-0.2, -0.15) is 0 Å². The van der Waals surface area contributed by atoms with Gasteiger partial charge in [-0.1, -0.05) is 32.9 Å². The number of ether oxygens (including phenoxy) is 4. The molecule has 1 aliphatic carbocycles. The Bertz CT molecular complexity index is 5030. The van der Waals surface area contributed by atoms with Crippen LogP contribution in [0.3, 0.4) is 0 Å². The molecule has 0 saturated carbocycles. The van der Waals surface area contributed by atoms with Crippen LogP contribution in [0.5, 0.6) is 0 Å². The van der Waals surface area contributed by atoms with Crippen LogP contribution in [0.25, 0.3) is 22.3 Å². The molecule has 704 valence electrons. The van der Waals surface area contributed by atoms with Gasteiger partial charge in [-0.15, -0.1) is 0 Å². The highest BCUT2D eigenvalue weighted by Crippen LogP contribution is 2.46. The van der Waals surface area contributed by atoms with Gasteiger partial charge < -0.3 is 120 Å². The highest BCUT2D eigenvalue weighted by Gasteiger charge is 2.47. The van der Waals surface area contributed by atoms with E-state index in [1.165, 1.54) is 125 Å². The van der Waals surface area contributed by atoms with Crippen molar-refractivity contribution in [3.05, 3.63) is 91.5 Å². The first-order chi connectivity index (χ1) is 60.6. The average Bonchev–Trinajstić information content (AvgIpc) is 1.57. The number of anilines is 1. The van der Waals surface area contributed by atoms with Crippen molar-refractivity contribution in [3.8, 4) is 11.4 Å². The predicted octanol–water partition coefficient (Wildman–Crippen LogP) is -3.37. The molecule has 0 unspecified atom stereocenters. The first-order valence-corrected chi connectivity index (χ1v) is 41.4. The summed E-state index contributed by atoms with van der Waals surface area (Å²) < 4.78 is 39.6. The quantitative estimate of drug-likeness (QED) is 0.0136. The number of carboxylic acid groups (broad SMARTS) is 1. The van der Waals surface area contributed by atoms with E-state index in [0.29, 0.717) is 27.6 Å². The van der Waals surface area contributed by atoms with Crippen molar-refractivity contribution in [1.29, 1.82) is 0 Å². The molecule has 2 aliphatic heterocycles. The summed E-state index contributed by atoms with van der Waals surface area (Å²) in [6.45, 7) is 2.44. The van der Waals surface area contributed by atoms with E-state index in [2.05, 4.69) is 31.9 Å². The number of esters is 1. The van der Waals surface area contributed by atoms with Crippen LogP contribution in [0.1, 0.15) is 111 Å². The van der Waals surface area contributed by atoms with Gasteiger partial charge in [-0.05, 0) is 85.9 Å². The maximum absolute atomic E-state index is 15.9. The number of halogens is 1. The molecule has 0 fully saturated rings. The van der Waals surface area contributed by atoms with Crippen molar-refractivity contribution in [2.45, 2.75) is 123 Å². The summed E-state index contributed by atoms with van der Waals surface area (Å²) in [4.78, 5) is 267. The smallest absolute Gasteiger partial charge is 0.408 e. The number of cyclic esters (lactones) is 1. The molecule has 0 spiro atoms. The molecule has 0 bridgehead atoms. The molecule has 45 heteroatoms. The van der Waals surface area contributed by atoms with Crippen LogP contribution in [-0.4, -0.2) is 369 Å². The van der Waals surface area contributed by atoms with E-state index >= 15 is 4.39 Å². The van der Waals surface area contributed by atoms with Gasteiger partial charge >= 0.3 is 18.0 Å². The van der Waals surface area contributed by atoms with Gasteiger partial charge in [-0.25, -0.2) is 19.0 Å². The Balaban J connectivity index is 0.992. The molecule has 7 rings (SSSR count). The fourth-order valence-corrected chi connectivity index (χ4v) is 14.2. The van der Waals surface area contributed by atoms with E-state index in [4.69, 9.17) is 34.8 Å². The molecule has 2 aromatic heterocycles. The highest BCUT2D eigenvalue weighted by molar-refractivity contribution is 6.00. The number of fused-ring (bicyclic) bond motifs is 5. The zero-order valence-electron chi connectivity index (χ0n) is 75.3. The number of carbonyl (C=O) groups excluding carboxylic acids is 17. The third kappa shape index (κ3) is 27.2. The number of alkyl carbamates (subject to hydrolysis) is 1. The number of rotatable bonds is 44. The number of nitrogens with zero attached hydrogens (tertiary/aromatic N) is 12. The van der Waals surface area contributed by atoms with Gasteiger partial charge in [0.25, 0.3) is 5.56 Å². The maximum Gasteiger partial charge on any atom is 0.408 e. The summed E-state index contributed by atoms with van der Waals surface area (Å²) in [7, 11) is 12.6. The summed E-state index contributed by atoms with van der Waals surface area (Å²) in [6.07, 6.45) is -3.08. The molecule has 16 amide bonds. The lowest BCUT2D eigenvalue weighted by molar-refractivity contribution is -0.172. The van der Waals surface area contributed by atoms with Crippen LogP contribution >= 0.6 is 0 Å². The largest absolute Gasteiger partial charge is 0.480 e. The summed E-state index contributed by atoms with van der Waals surface area (Å²) in [5, 5.41) is 37.2. The number of hydrogen-bond donors (Lipinski definition) is 9. The lowest BCUT2D eigenvalue weighted by atomic mass is 9.81. The van der Waals surface area contributed by atoms with Gasteiger partial charge in [0, 0.05) is 119 Å². The first-order valence-electron chi connectivity index (χ1n) is 41.4. The molecular formula is C84H116FN19O25. The fraction of sp³-hybridized carbons (Fsp3) is 0.548. The number of hydrogen-bond acceptors (Lipinski definition) is 26. The van der Waals surface area contributed by atoms with Crippen molar-refractivity contribution in [3.63, 3.8) is 0 Å². The van der Waals surface area contributed by atoms with Gasteiger partial charge in [0.1, 0.15) is 49.8 Å². The van der Waals surface area contributed by atoms with Crippen molar-refractivity contribution < 1.29 is 120 Å². The second-order valence-corrected chi connectivity index (χ2v) is 32.5. The molecule has 3 aliphatic rings. The predicted molar refractivity (Wildman–Crippen MR) is 457 cm³/mol. The summed E-state index contributed by atoms with van der Waals surface area (Å²) in [5.41, 5.74) is 5.83. The average molecular weight is 1810 g/mol. The molecule has 4 heterocycles. The van der Waals surface area contributed by atoms with E-state index in [-0.39, 0.29) is 97.4 Å². The number of carboxylic acids is 1.